The van der Waals surface area contributed by atoms with Gasteiger partial charge in [0, 0.05) is 64.5 Å². The molecule has 2 aliphatic heterocycles. The zero-order valence-corrected chi connectivity index (χ0v) is 43.4. The van der Waals surface area contributed by atoms with E-state index in [-0.39, 0.29) is 59.8 Å². The Kier molecular flexibility index (Phi) is 23.9. The Morgan fingerprint density at radius 2 is 0.908 bits per heavy atom. The average Bonchev–Trinajstić information content (AvgIpc) is 3.23. The number of halogens is 12. The number of hydrogen-bond acceptors (Lipinski definition) is 13. The lowest BCUT2D eigenvalue weighted by Crippen LogP contribution is -2.52. The topological polar surface area (TPSA) is 162 Å². The SMILES string of the molecule is C.Cc1ccc(C=O)c(OC(C)(C)C(=O)OC(C)(C)C)c1.Cc1ccc(CN2CCN(C(=O)OC(C(F)(F)F)C(F)(F)F)CC2)c(OC(C)(C)C(=O)OC(C)(C)C)c1.O=C(OC(C(F)(F)F)C(F)(F)F)N1CCNCC1. The van der Waals surface area contributed by atoms with Gasteiger partial charge in [0.1, 0.15) is 22.7 Å². The summed E-state index contributed by atoms with van der Waals surface area (Å²) in [6.07, 6.45) is -33.8. The van der Waals surface area contributed by atoms with Gasteiger partial charge in [0.05, 0.1) is 5.56 Å². The molecular weight excluding hydrogens is 1050 g/mol. The van der Waals surface area contributed by atoms with Gasteiger partial charge in [-0.05, 0) is 112 Å². The number of alkyl halides is 12. The van der Waals surface area contributed by atoms with E-state index in [1.54, 1.807) is 93.5 Å². The van der Waals surface area contributed by atoms with Gasteiger partial charge < -0.3 is 43.5 Å². The highest BCUT2D eigenvalue weighted by Gasteiger charge is 2.61. The molecule has 0 spiro atoms. The molecule has 0 atom stereocenters. The van der Waals surface area contributed by atoms with Crippen molar-refractivity contribution in [3.63, 3.8) is 0 Å². The van der Waals surface area contributed by atoms with Crippen LogP contribution in [0.2, 0.25) is 0 Å². The molecule has 2 aliphatic rings. The van der Waals surface area contributed by atoms with E-state index in [1.807, 2.05) is 30.9 Å². The van der Waals surface area contributed by atoms with Crippen molar-refractivity contribution in [2.75, 3.05) is 52.4 Å². The lowest BCUT2D eigenvalue weighted by Gasteiger charge is -2.36. The van der Waals surface area contributed by atoms with E-state index in [1.165, 1.54) is 0 Å². The van der Waals surface area contributed by atoms with Crippen LogP contribution < -0.4 is 14.8 Å². The first kappa shape index (κ1) is 68.3. The summed E-state index contributed by atoms with van der Waals surface area (Å²) in [7, 11) is 0. The number of amides is 2. The van der Waals surface area contributed by atoms with Gasteiger partial charge in [0.15, 0.2) is 17.5 Å². The van der Waals surface area contributed by atoms with Crippen LogP contribution in [0.4, 0.5) is 62.3 Å². The molecule has 0 saturated carbocycles. The highest BCUT2D eigenvalue weighted by atomic mass is 19.4. The van der Waals surface area contributed by atoms with Gasteiger partial charge in [0.2, 0.25) is 0 Å². The summed E-state index contributed by atoms with van der Waals surface area (Å²) in [5.74, 6) is -0.217. The summed E-state index contributed by atoms with van der Waals surface area (Å²) in [5, 5.41) is 2.79. The molecule has 2 aromatic carbocycles. The molecule has 0 aromatic heterocycles. The lowest BCUT2D eigenvalue weighted by molar-refractivity contribution is -0.309. The van der Waals surface area contributed by atoms with Crippen LogP contribution in [0.15, 0.2) is 36.4 Å². The third-order valence-electron chi connectivity index (χ3n) is 10.1. The van der Waals surface area contributed by atoms with Crippen molar-refractivity contribution in [1.29, 1.82) is 0 Å². The molecular formula is C49H68F12N4O11. The minimum absolute atomic E-state index is 0. The fourth-order valence-electron chi connectivity index (χ4n) is 6.32. The van der Waals surface area contributed by atoms with Crippen molar-refractivity contribution in [2.45, 2.75) is 156 Å². The number of ether oxygens (including phenoxy) is 6. The maximum absolute atomic E-state index is 12.7. The number of aryl methyl sites for hydroxylation is 2. The van der Waals surface area contributed by atoms with Gasteiger partial charge in [-0.25, -0.2) is 19.2 Å². The molecule has 4 rings (SSSR count). The fraction of sp³-hybridized carbons (Fsp3) is 0.653. The van der Waals surface area contributed by atoms with Crippen LogP contribution in [0.3, 0.4) is 0 Å². The van der Waals surface area contributed by atoms with Crippen molar-refractivity contribution < 1.29 is 105 Å². The Bertz CT molecular complexity index is 2210. The van der Waals surface area contributed by atoms with Crippen molar-refractivity contribution >= 4 is 30.4 Å². The molecule has 2 heterocycles. The van der Waals surface area contributed by atoms with Crippen LogP contribution >= 0.6 is 0 Å². The number of piperazine rings is 2. The zero-order chi connectivity index (χ0) is 57.9. The largest absolute Gasteiger partial charge is 0.476 e. The van der Waals surface area contributed by atoms with E-state index in [9.17, 15) is 76.7 Å². The summed E-state index contributed by atoms with van der Waals surface area (Å²) >= 11 is 0. The van der Waals surface area contributed by atoms with Crippen LogP contribution in [0.1, 0.15) is 104 Å². The molecule has 434 valence electrons. The average molecular weight is 1120 g/mol. The monoisotopic (exact) mass is 1120 g/mol. The first-order chi connectivity index (χ1) is 33.9. The smallest absolute Gasteiger partial charge is 0.434 e. The first-order valence-corrected chi connectivity index (χ1v) is 23.0. The Hall–Kier alpha value is -5.73. The van der Waals surface area contributed by atoms with E-state index in [0.29, 0.717) is 35.5 Å². The van der Waals surface area contributed by atoms with Crippen LogP contribution in [0.5, 0.6) is 11.5 Å². The number of nitrogens with one attached hydrogen (secondary N) is 1. The Morgan fingerprint density at radius 3 is 1.28 bits per heavy atom. The minimum Gasteiger partial charge on any atom is -0.476 e. The molecule has 2 fully saturated rings. The molecule has 0 bridgehead atoms. The minimum atomic E-state index is -5.77. The van der Waals surface area contributed by atoms with Gasteiger partial charge in [0.25, 0.3) is 12.2 Å². The highest BCUT2D eigenvalue weighted by Crippen LogP contribution is 2.38. The summed E-state index contributed by atoms with van der Waals surface area (Å²) in [4.78, 5) is 62.4. The van der Waals surface area contributed by atoms with E-state index in [2.05, 4.69) is 14.8 Å². The van der Waals surface area contributed by atoms with Crippen molar-refractivity contribution in [3.8, 4) is 11.5 Å². The van der Waals surface area contributed by atoms with Crippen molar-refractivity contribution in [3.05, 3.63) is 58.7 Å². The molecule has 2 saturated heterocycles. The molecule has 2 amide bonds. The molecule has 76 heavy (non-hydrogen) atoms. The maximum atomic E-state index is 12.7. The molecule has 0 aliphatic carbocycles. The van der Waals surface area contributed by atoms with Crippen molar-refractivity contribution in [1.82, 2.24) is 20.0 Å². The number of rotatable bonds is 11. The van der Waals surface area contributed by atoms with Gasteiger partial charge in [-0.3, -0.25) is 9.69 Å². The molecule has 27 heteroatoms. The quantitative estimate of drug-likeness (QED) is 0.0980. The third-order valence-corrected chi connectivity index (χ3v) is 10.1. The fourth-order valence-corrected chi connectivity index (χ4v) is 6.32. The second-order valence-corrected chi connectivity index (χ2v) is 20.2. The molecule has 2 aromatic rings. The number of benzene rings is 2. The van der Waals surface area contributed by atoms with Gasteiger partial charge in [-0.2, -0.15) is 52.7 Å². The number of carbonyl (C=O) groups is 5. The Balaban J connectivity index is 0.000000624. The van der Waals surface area contributed by atoms with E-state index in [0.717, 1.165) is 20.9 Å². The number of nitrogens with zero attached hydrogens (tertiary/aromatic N) is 3. The zero-order valence-electron chi connectivity index (χ0n) is 43.4. The number of esters is 2. The Morgan fingerprint density at radius 1 is 0.553 bits per heavy atom. The maximum Gasteiger partial charge on any atom is 0.434 e. The Labute approximate surface area is 433 Å². The first-order valence-electron chi connectivity index (χ1n) is 23.0. The van der Waals surface area contributed by atoms with Crippen LogP contribution in [-0.2, 0) is 35.1 Å². The molecule has 1 N–H and O–H groups in total. The summed E-state index contributed by atoms with van der Waals surface area (Å²) < 4.78 is 179. The standard InChI is InChI=1S/C24H32F6N2O5.C16H22O4.C8H10F6N2O2.CH4/c1-15-7-8-16(17(13-15)36-22(5,6)19(33)37-21(2,3)4)14-31-9-11-32(12-10-31)20(34)35-18(23(25,26)27)24(28,29)30;1-11-7-8-12(10-17)13(9-11)19-16(5,6)14(18)20-15(2,3)4;9-7(10,11)5(8(12,13)14)18-6(17)16-3-1-15-2-4-16;/h7-8,13,18H,9-12,14H2,1-6H3;7-10H,1-6H3;5,15H,1-4H2;1H4. The predicted molar refractivity (Wildman–Crippen MR) is 252 cm³/mol. The summed E-state index contributed by atoms with van der Waals surface area (Å²) in [6.45, 7) is 21.7. The molecule has 15 nitrogen and oxygen atoms in total. The van der Waals surface area contributed by atoms with Crippen LogP contribution in [0.25, 0.3) is 0 Å². The summed E-state index contributed by atoms with van der Waals surface area (Å²) in [6, 6.07) is 10.6. The predicted octanol–water partition coefficient (Wildman–Crippen LogP) is 10.7. The van der Waals surface area contributed by atoms with E-state index >= 15 is 0 Å². The third kappa shape index (κ3) is 22.9. The molecule has 0 radical (unpaired) electrons. The second kappa shape index (κ2) is 26.6. The van der Waals surface area contributed by atoms with Gasteiger partial charge >= 0.3 is 48.8 Å². The lowest BCUT2D eigenvalue weighted by atomic mass is 10.1. The van der Waals surface area contributed by atoms with E-state index < -0.39 is 83.4 Å². The summed E-state index contributed by atoms with van der Waals surface area (Å²) in [5.41, 5.74) is -0.850. The van der Waals surface area contributed by atoms with Gasteiger partial charge in [-0.15, -0.1) is 0 Å². The van der Waals surface area contributed by atoms with Crippen LogP contribution in [0, 0.1) is 13.8 Å². The van der Waals surface area contributed by atoms with Crippen molar-refractivity contribution in [2.24, 2.45) is 0 Å². The van der Waals surface area contributed by atoms with E-state index in [4.69, 9.17) is 18.9 Å². The normalized spacial score (nSPS) is 15.2. The molecule has 0 unspecified atom stereocenters. The van der Waals surface area contributed by atoms with Gasteiger partial charge in [-0.1, -0.05) is 25.6 Å². The number of hydrogen-bond donors (Lipinski definition) is 1. The number of aldehydes is 1. The second-order valence-electron chi connectivity index (χ2n) is 20.2. The number of carbonyl (C=O) groups excluding carboxylic acids is 5. The highest BCUT2D eigenvalue weighted by molar-refractivity contribution is 5.82. The van der Waals surface area contributed by atoms with Crippen LogP contribution in [-0.4, -0.2) is 157 Å².